The molecule has 0 fully saturated rings. The summed E-state index contributed by atoms with van der Waals surface area (Å²) >= 11 is 0. The molecule has 0 aliphatic heterocycles. The van der Waals surface area contributed by atoms with Crippen LogP contribution in [-0.2, 0) is 11.2 Å². The number of ether oxygens (including phenoxy) is 1. The summed E-state index contributed by atoms with van der Waals surface area (Å²) in [4.78, 5) is 2.25. The number of hydrogen-bond acceptors (Lipinski definition) is 3. The van der Waals surface area contributed by atoms with Gasteiger partial charge in [-0.15, -0.1) is 12.4 Å². The van der Waals surface area contributed by atoms with Gasteiger partial charge in [0.15, 0.2) is 0 Å². The highest BCUT2D eigenvalue weighted by molar-refractivity contribution is 5.85. The summed E-state index contributed by atoms with van der Waals surface area (Å²) in [6, 6.07) is 25.4. The van der Waals surface area contributed by atoms with Crippen molar-refractivity contribution in [2.45, 2.75) is 25.4 Å². The van der Waals surface area contributed by atoms with Gasteiger partial charge in [-0.1, -0.05) is 60.7 Å². The van der Waals surface area contributed by atoms with Crippen molar-refractivity contribution in [1.82, 2.24) is 4.90 Å². The molecule has 0 saturated carbocycles. The number of nitrogens with zero attached hydrogens (tertiary/aromatic N) is 2. The van der Waals surface area contributed by atoms with Crippen LogP contribution in [0.1, 0.15) is 35.6 Å². The van der Waals surface area contributed by atoms with Gasteiger partial charge in [0.1, 0.15) is 0 Å². The molecule has 0 heterocycles. The maximum Gasteiger partial charge on any atom is 0.0998 e. The van der Waals surface area contributed by atoms with Gasteiger partial charge in [0.25, 0.3) is 0 Å². The number of nitriles is 1. The first-order valence-electron chi connectivity index (χ1n) is 11.0. The van der Waals surface area contributed by atoms with Crippen LogP contribution in [0.15, 0.2) is 66.7 Å². The van der Waals surface area contributed by atoms with Crippen LogP contribution in [0.2, 0.25) is 0 Å². The minimum Gasteiger partial charge on any atom is -0.376 e. The monoisotopic (exact) mass is 446 g/mol. The molecule has 0 radical (unpaired) electrons. The van der Waals surface area contributed by atoms with Gasteiger partial charge in [-0.3, -0.25) is 0 Å². The number of aryl methyl sites for hydroxylation is 1. The summed E-state index contributed by atoms with van der Waals surface area (Å²) < 4.78 is 5.95. The standard InChI is InChI=1S/C28H30N2O.ClH/c1-30(2)17-16-22-12-13-24-18-23(14-15-27(24)28(22)31-3)20-8-10-21(11-9-20)26-7-5-4-6-25(26)19-29;/h4-11,14-15,18,22,28H,12-13,16-17H2,1-3H3;1H. The van der Waals surface area contributed by atoms with Gasteiger partial charge in [-0.25, -0.2) is 0 Å². The van der Waals surface area contributed by atoms with Crippen LogP contribution >= 0.6 is 12.4 Å². The van der Waals surface area contributed by atoms with E-state index in [4.69, 9.17) is 4.74 Å². The molecule has 1 aliphatic rings. The highest BCUT2D eigenvalue weighted by Gasteiger charge is 2.29. The average molecular weight is 447 g/mol. The lowest BCUT2D eigenvalue weighted by molar-refractivity contribution is 0.0343. The minimum absolute atomic E-state index is 0. The quantitative estimate of drug-likeness (QED) is 0.432. The summed E-state index contributed by atoms with van der Waals surface area (Å²) in [6.45, 7) is 1.10. The molecule has 0 aromatic heterocycles. The molecule has 0 spiro atoms. The molecule has 1 aliphatic carbocycles. The van der Waals surface area contributed by atoms with E-state index >= 15 is 0 Å². The number of hydrogen-bond donors (Lipinski definition) is 0. The molecule has 0 saturated heterocycles. The summed E-state index contributed by atoms with van der Waals surface area (Å²) in [6.07, 6.45) is 3.63. The van der Waals surface area contributed by atoms with E-state index in [1.54, 1.807) is 0 Å². The van der Waals surface area contributed by atoms with Crippen LogP contribution in [0.4, 0.5) is 0 Å². The van der Waals surface area contributed by atoms with Gasteiger partial charge in [0.2, 0.25) is 0 Å². The van der Waals surface area contributed by atoms with Crippen LogP contribution in [-0.4, -0.2) is 32.6 Å². The first-order chi connectivity index (χ1) is 15.1. The smallest absolute Gasteiger partial charge is 0.0998 e. The Morgan fingerprint density at radius 2 is 1.66 bits per heavy atom. The van der Waals surface area contributed by atoms with E-state index in [1.807, 2.05) is 31.4 Å². The third kappa shape index (κ3) is 5.05. The number of rotatable bonds is 6. The number of fused-ring (bicyclic) bond motifs is 1. The number of benzene rings is 3. The summed E-state index contributed by atoms with van der Waals surface area (Å²) in [5.41, 5.74) is 7.95. The maximum atomic E-state index is 9.38. The Morgan fingerprint density at radius 3 is 2.34 bits per heavy atom. The van der Waals surface area contributed by atoms with Crippen LogP contribution in [0.5, 0.6) is 0 Å². The molecule has 4 heteroatoms. The molecule has 0 bridgehead atoms. The zero-order valence-corrected chi connectivity index (χ0v) is 19.9. The summed E-state index contributed by atoms with van der Waals surface area (Å²) in [7, 11) is 6.11. The molecule has 2 atom stereocenters. The van der Waals surface area contributed by atoms with E-state index in [2.05, 4.69) is 67.5 Å². The summed E-state index contributed by atoms with van der Waals surface area (Å²) in [5.74, 6) is 0.574. The predicted octanol–water partition coefficient (Wildman–Crippen LogP) is 6.52. The molecule has 3 aromatic rings. The van der Waals surface area contributed by atoms with Crippen molar-refractivity contribution >= 4 is 12.4 Å². The average Bonchev–Trinajstić information content (AvgIpc) is 2.82. The van der Waals surface area contributed by atoms with E-state index in [9.17, 15) is 5.26 Å². The van der Waals surface area contributed by atoms with Crippen molar-refractivity contribution in [3.63, 3.8) is 0 Å². The topological polar surface area (TPSA) is 36.3 Å². The predicted molar refractivity (Wildman–Crippen MR) is 134 cm³/mol. The first kappa shape index (κ1) is 24.0. The molecular formula is C28H31ClN2O. The van der Waals surface area contributed by atoms with Crippen molar-refractivity contribution in [3.8, 4) is 28.3 Å². The Labute approximate surface area is 198 Å². The second kappa shape index (κ2) is 10.8. The lowest BCUT2D eigenvalue weighted by Crippen LogP contribution is -2.26. The molecule has 3 nitrogen and oxygen atoms in total. The second-order valence-corrected chi connectivity index (χ2v) is 8.70. The SMILES string of the molecule is COC1c2ccc(-c3ccc(-c4ccccc4C#N)cc3)cc2CCC1CCN(C)C.Cl. The van der Waals surface area contributed by atoms with Gasteiger partial charge in [0.05, 0.1) is 17.7 Å². The molecular weight excluding hydrogens is 416 g/mol. The molecule has 3 aromatic carbocycles. The molecule has 2 unspecified atom stereocenters. The van der Waals surface area contributed by atoms with Gasteiger partial charge in [-0.05, 0) is 85.3 Å². The van der Waals surface area contributed by atoms with Gasteiger partial charge < -0.3 is 9.64 Å². The Morgan fingerprint density at radius 1 is 0.969 bits per heavy atom. The number of methoxy groups -OCH3 is 1. The van der Waals surface area contributed by atoms with Crippen molar-refractivity contribution in [3.05, 3.63) is 83.4 Å². The van der Waals surface area contributed by atoms with Crippen LogP contribution in [0.3, 0.4) is 0 Å². The zero-order chi connectivity index (χ0) is 21.8. The molecule has 0 N–H and O–H groups in total. The zero-order valence-electron chi connectivity index (χ0n) is 19.0. The third-order valence-corrected chi connectivity index (χ3v) is 6.44. The van der Waals surface area contributed by atoms with E-state index in [1.165, 1.54) is 35.1 Å². The van der Waals surface area contributed by atoms with E-state index in [-0.39, 0.29) is 18.5 Å². The fourth-order valence-electron chi connectivity index (χ4n) is 4.74. The third-order valence-electron chi connectivity index (χ3n) is 6.44. The van der Waals surface area contributed by atoms with E-state index in [0.29, 0.717) is 11.5 Å². The van der Waals surface area contributed by atoms with Crippen molar-refractivity contribution in [2.75, 3.05) is 27.7 Å². The highest BCUT2D eigenvalue weighted by Crippen LogP contribution is 2.40. The van der Waals surface area contributed by atoms with E-state index < -0.39 is 0 Å². The molecule has 32 heavy (non-hydrogen) atoms. The second-order valence-electron chi connectivity index (χ2n) is 8.70. The normalized spacial score (nSPS) is 17.3. The summed E-state index contributed by atoms with van der Waals surface area (Å²) in [5, 5.41) is 9.38. The van der Waals surface area contributed by atoms with Gasteiger partial charge >= 0.3 is 0 Å². The number of halogens is 1. The Balaban J connectivity index is 0.00000289. The minimum atomic E-state index is 0. The van der Waals surface area contributed by atoms with Crippen LogP contribution in [0.25, 0.3) is 22.3 Å². The maximum absolute atomic E-state index is 9.38. The Kier molecular flexibility index (Phi) is 8.10. The van der Waals surface area contributed by atoms with Gasteiger partial charge in [-0.2, -0.15) is 5.26 Å². The highest BCUT2D eigenvalue weighted by atomic mass is 35.5. The van der Waals surface area contributed by atoms with Crippen molar-refractivity contribution in [2.24, 2.45) is 5.92 Å². The molecule has 4 rings (SSSR count). The van der Waals surface area contributed by atoms with E-state index in [0.717, 1.165) is 24.1 Å². The van der Waals surface area contributed by atoms with Crippen LogP contribution < -0.4 is 0 Å². The Bertz CT molecular complexity index is 1090. The lowest BCUT2D eigenvalue weighted by atomic mass is 9.78. The Hall–Kier alpha value is -2.64. The molecule has 166 valence electrons. The molecule has 0 amide bonds. The van der Waals surface area contributed by atoms with Crippen LogP contribution in [0, 0.1) is 17.2 Å². The lowest BCUT2D eigenvalue weighted by Gasteiger charge is -2.33. The van der Waals surface area contributed by atoms with Crippen molar-refractivity contribution < 1.29 is 4.74 Å². The fraction of sp³-hybridized carbons (Fsp3) is 0.321. The fourth-order valence-corrected chi connectivity index (χ4v) is 4.74. The van der Waals surface area contributed by atoms with Gasteiger partial charge in [0, 0.05) is 7.11 Å². The largest absolute Gasteiger partial charge is 0.376 e. The van der Waals surface area contributed by atoms with Crippen molar-refractivity contribution in [1.29, 1.82) is 5.26 Å². The first-order valence-corrected chi connectivity index (χ1v) is 11.0.